The van der Waals surface area contributed by atoms with E-state index in [4.69, 9.17) is 18.9 Å². The van der Waals surface area contributed by atoms with Gasteiger partial charge in [0, 0.05) is 35.7 Å². The van der Waals surface area contributed by atoms with Crippen molar-refractivity contribution in [3.8, 4) is 28.7 Å². The number of para-hydroxylation sites is 1. The molecule has 1 aliphatic heterocycles. The zero-order valence-corrected chi connectivity index (χ0v) is 27.9. The van der Waals surface area contributed by atoms with E-state index in [1.807, 2.05) is 45.9 Å². The number of hydrogen-bond donors (Lipinski definition) is 1. The van der Waals surface area contributed by atoms with Gasteiger partial charge in [-0.05, 0) is 82.3 Å². The fourth-order valence-corrected chi connectivity index (χ4v) is 5.48. The number of phenols is 1. The molecular formula is C36H44LiNO8. The summed E-state index contributed by atoms with van der Waals surface area (Å²) in [4.78, 5) is 26.1. The van der Waals surface area contributed by atoms with Crippen LogP contribution in [-0.2, 0) is 17.6 Å². The van der Waals surface area contributed by atoms with Crippen LogP contribution in [0.15, 0.2) is 54.6 Å². The van der Waals surface area contributed by atoms with E-state index in [-0.39, 0.29) is 48.1 Å². The van der Waals surface area contributed by atoms with Crippen LogP contribution >= 0.6 is 0 Å². The predicted octanol–water partition coefficient (Wildman–Crippen LogP) is 3.99. The molecule has 9 nitrogen and oxygen atoms in total. The third-order valence-electron chi connectivity index (χ3n) is 7.55. The summed E-state index contributed by atoms with van der Waals surface area (Å²) in [6.45, 7) is 11.0. The Labute approximate surface area is 284 Å². The van der Waals surface area contributed by atoms with Gasteiger partial charge in [-0.1, -0.05) is 38.5 Å². The molecular weight excluding hydrogens is 581 g/mol. The molecule has 1 fully saturated rings. The molecule has 0 bridgehead atoms. The van der Waals surface area contributed by atoms with Gasteiger partial charge in [0.15, 0.2) is 0 Å². The van der Waals surface area contributed by atoms with Gasteiger partial charge in [-0.15, -0.1) is 0 Å². The Balaban J connectivity index is 0.00000576. The second-order valence-corrected chi connectivity index (χ2v) is 12.1. The quantitative estimate of drug-likeness (QED) is 0.224. The maximum Gasteiger partial charge on any atom is 1.00 e. The Morgan fingerprint density at radius 3 is 2.30 bits per heavy atom. The fraction of sp³-hybridized carbons (Fsp3) is 0.444. The minimum Gasteiger partial charge on any atom is -0.545 e. The number of carbonyl (C=O) groups excluding carboxylic acids is 2. The summed E-state index contributed by atoms with van der Waals surface area (Å²) in [5.41, 5.74) is 1.90. The van der Waals surface area contributed by atoms with Gasteiger partial charge in [-0.3, -0.25) is 0 Å². The van der Waals surface area contributed by atoms with Gasteiger partial charge >= 0.3 is 25.0 Å². The van der Waals surface area contributed by atoms with Crippen molar-refractivity contribution < 1.29 is 57.6 Å². The molecule has 1 heterocycles. The van der Waals surface area contributed by atoms with Gasteiger partial charge in [-0.2, -0.15) is 0 Å². The Kier molecular flexibility index (Phi) is 13.3. The summed E-state index contributed by atoms with van der Waals surface area (Å²) >= 11 is 0. The number of phenolic OH excluding ortho intramolecular Hbond substituents is 1. The Hall–Kier alpha value is -3.80. The average molecular weight is 626 g/mol. The summed E-state index contributed by atoms with van der Waals surface area (Å²) < 4.78 is 23.9. The smallest absolute Gasteiger partial charge is 0.545 e. The van der Waals surface area contributed by atoms with Crippen LogP contribution in [0.4, 0.5) is 4.79 Å². The average Bonchev–Trinajstić information content (AvgIpc) is 3.48. The van der Waals surface area contributed by atoms with Crippen molar-refractivity contribution in [1.82, 2.24) is 4.90 Å². The van der Waals surface area contributed by atoms with E-state index in [1.54, 1.807) is 35.2 Å². The number of nitrogens with zero attached hydrogens (tertiary/aromatic N) is 1. The summed E-state index contributed by atoms with van der Waals surface area (Å²) in [7, 11) is 0. The molecule has 1 saturated heterocycles. The number of likely N-dealkylation sites (tertiary alicyclic amines) is 1. The molecule has 0 aromatic heterocycles. The van der Waals surface area contributed by atoms with Crippen molar-refractivity contribution in [3.63, 3.8) is 0 Å². The van der Waals surface area contributed by atoms with Gasteiger partial charge in [0.2, 0.25) is 0 Å². The number of rotatable bonds is 13. The molecule has 0 saturated carbocycles. The number of benzene rings is 3. The van der Waals surface area contributed by atoms with Crippen molar-refractivity contribution >= 4 is 12.1 Å². The third kappa shape index (κ3) is 9.37. The standard InChI is InChI=1S/C36H45NO8.Li/c1-6-13-25-30(17-10-18-31(25)44-32-16-9-8-14-26(32)34(39)40)42-20-12-21-43-33-23-29(38)27(22-24(33)7-2)28-15-11-19-37(28)35(41)45-36(3,4)5;/h8-10,14,16-18,22-23,28,38H,6-7,11-13,15,19-21H2,1-5H3,(H,39,40);/q;+1/p-1. The molecule has 4 rings (SSSR count). The second kappa shape index (κ2) is 16.7. The molecule has 3 aromatic rings. The summed E-state index contributed by atoms with van der Waals surface area (Å²) in [6.07, 6.45) is 4.04. The molecule has 3 aromatic carbocycles. The van der Waals surface area contributed by atoms with Crippen LogP contribution < -0.4 is 38.2 Å². The first-order valence-corrected chi connectivity index (χ1v) is 15.7. The molecule has 46 heavy (non-hydrogen) atoms. The van der Waals surface area contributed by atoms with Crippen molar-refractivity contribution in [2.24, 2.45) is 0 Å². The zero-order chi connectivity index (χ0) is 32.6. The molecule has 10 heteroatoms. The molecule has 1 amide bonds. The van der Waals surface area contributed by atoms with Crippen LogP contribution in [-0.4, -0.2) is 47.4 Å². The minimum atomic E-state index is -1.30. The molecule has 242 valence electrons. The maximum atomic E-state index is 12.8. The van der Waals surface area contributed by atoms with Crippen LogP contribution in [0.3, 0.4) is 0 Å². The third-order valence-corrected chi connectivity index (χ3v) is 7.55. The number of hydrogen-bond acceptors (Lipinski definition) is 8. The van der Waals surface area contributed by atoms with E-state index in [9.17, 15) is 19.8 Å². The minimum absolute atomic E-state index is 0. The van der Waals surface area contributed by atoms with Gasteiger partial charge in [0.05, 0.1) is 25.2 Å². The monoisotopic (exact) mass is 625 g/mol. The summed E-state index contributed by atoms with van der Waals surface area (Å²) in [5.74, 6) is 0.824. The topological polar surface area (TPSA) is 118 Å². The summed E-state index contributed by atoms with van der Waals surface area (Å²) in [5, 5.41) is 22.5. The van der Waals surface area contributed by atoms with Crippen LogP contribution in [0, 0.1) is 0 Å². The molecule has 1 unspecified atom stereocenters. The number of aromatic carboxylic acids is 1. The Morgan fingerprint density at radius 2 is 1.63 bits per heavy atom. The van der Waals surface area contributed by atoms with Gasteiger partial charge in [0.1, 0.15) is 34.3 Å². The first-order chi connectivity index (χ1) is 21.5. The van der Waals surface area contributed by atoms with Crippen LogP contribution in [0.5, 0.6) is 28.7 Å². The molecule has 1 aliphatic rings. The van der Waals surface area contributed by atoms with Crippen molar-refractivity contribution in [3.05, 3.63) is 76.9 Å². The Bertz CT molecular complexity index is 1490. The van der Waals surface area contributed by atoms with E-state index >= 15 is 0 Å². The van der Waals surface area contributed by atoms with Crippen molar-refractivity contribution in [2.75, 3.05) is 19.8 Å². The predicted molar refractivity (Wildman–Crippen MR) is 169 cm³/mol. The van der Waals surface area contributed by atoms with Crippen molar-refractivity contribution in [2.45, 2.75) is 84.8 Å². The van der Waals surface area contributed by atoms with Gasteiger partial charge < -0.3 is 38.9 Å². The number of amides is 1. The Morgan fingerprint density at radius 1 is 0.957 bits per heavy atom. The largest absolute Gasteiger partial charge is 1.00 e. The normalized spacial score (nSPS) is 14.4. The van der Waals surface area contributed by atoms with E-state index in [0.717, 1.165) is 30.4 Å². The number of carbonyl (C=O) groups is 2. The van der Waals surface area contributed by atoms with E-state index in [1.165, 1.54) is 6.07 Å². The van der Waals surface area contributed by atoms with E-state index < -0.39 is 11.6 Å². The number of aryl methyl sites for hydroxylation is 1. The van der Waals surface area contributed by atoms with Crippen molar-refractivity contribution in [1.29, 1.82) is 0 Å². The van der Waals surface area contributed by atoms with Gasteiger partial charge in [0.25, 0.3) is 0 Å². The zero-order valence-electron chi connectivity index (χ0n) is 27.9. The van der Waals surface area contributed by atoms with Crippen LogP contribution in [0.1, 0.15) is 93.4 Å². The SMILES string of the molecule is CCCc1c(OCCCOc2cc(O)c(C3CCCN3C(=O)OC(C)(C)C)cc2CC)cccc1Oc1ccccc1C(=O)[O-].[Li+]. The van der Waals surface area contributed by atoms with E-state index in [2.05, 4.69) is 6.92 Å². The van der Waals surface area contributed by atoms with Crippen LogP contribution in [0.25, 0.3) is 0 Å². The molecule has 1 N–H and O–H groups in total. The molecule has 0 aliphatic carbocycles. The fourth-order valence-electron chi connectivity index (χ4n) is 5.48. The number of carboxylic acid groups (broad SMARTS) is 1. The number of carboxylic acids is 1. The molecule has 1 atom stereocenters. The van der Waals surface area contributed by atoms with Gasteiger partial charge in [-0.25, -0.2) is 4.79 Å². The first-order valence-electron chi connectivity index (χ1n) is 15.7. The number of aromatic hydroxyl groups is 1. The molecule has 0 radical (unpaired) electrons. The molecule has 0 spiro atoms. The first kappa shape index (κ1) is 36.7. The second-order valence-electron chi connectivity index (χ2n) is 12.1. The summed E-state index contributed by atoms with van der Waals surface area (Å²) in [6, 6.07) is 15.2. The van der Waals surface area contributed by atoms with E-state index in [0.29, 0.717) is 61.8 Å². The number of ether oxygens (including phenoxy) is 4. The maximum absolute atomic E-state index is 12.8. The van der Waals surface area contributed by atoms with Crippen LogP contribution in [0.2, 0.25) is 0 Å².